The largest absolute Gasteiger partial charge is 0.316 e. The van der Waals surface area contributed by atoms with Gasteiger partial charge in [0.25, 0.3) is 0 Å². The minimum atomic E-state index is 0.147. The van der Waals surface area contributed by atoms with E-state index < -0.39 is 0 Å². The van der Waals surface area contributed by atoms with Gasteiger partial charge >= 0.3 is 0 Å². The summed E-state index contributed by atoms with van der Waals surface area (Å²) < 4.78 is 0. The van der Waals surface area contributed by atoms with Crippen molar-refractivity contribution in [1.82, 2.24) is 10.2 Å². The average molecular weight is 154 g/mol. The molecule has 0 aromatic heterocycles. The first-order chi connectivity index (χ1) is 5.22. The molecule has 1 amide bonds. The van der Waals surface area contributed by atoms with Crippen molar-refractivity contribution >= 4 is 5.91 Å². The molecule has 1 aliphatic rings. The van der Waals surface area contributed by atoms with Gasteiger partial charge in [0.2, 0.25) is 5.91 Å². The van der Waals surface area contributed by atoms with E-state index in [1.165, 1.54) is 0 Å². The molecule has 3 nitrogen and oxygen atoms in total. The second-order valence-corrected chi connectivity index (χ2v) is 2.91. The molecule has 1 heterocycles. The Labute approximate surface area is 67.1 Å². The molecular weight excluding hydrogens is 140 g/mol. The minimum absolute atomic E-state index is 0.147. The zero-order chi connectivity index (χ0) is 8.27. The maximum Gasteiger partial charge on any atom is 0.240 e. The minimum Gasteiger partial charge on any atom is -0.316 e. The zero-order valence-electron chi connectivity index (χ0n) is 7.00. The molecular formula is C8H14N2O. The third-order valence-corrected chi connectivity index (χ3v) is 1.65. The summed E-state index contributed by atoms with van der Waals surface area (Å²) in [5.41, 5.74) is 0. The summed E-state index contributed by atoms with van der Waals surface area (Å²) in [7, 11) is 0. The summed E-state index contributed by atoms with van der Waals surface area (Å²) in [6.45, 7) is 5.25. The Morgan fingerprint density at radius 3 is 3.00 bits per heavy atom. The lowest BCUT2D eigenvalue weighted by Gasteiger charge is -2.20. The van der Waals surface area contributed by atoms with Crippen molar-refractivity contribution in [3.05, 3.63) is 12.3 Å². The molecule has 0 aromatic carbocycles. The second kappa shape index (κ2) is 3.53. The molecule has 0 radical (unpaired) electrons. The Hall–Kier alpha value is -0.830. The van der Waals surface area contributed by atoms with E-state index >= 15 is 0 Å². The Balaban J connectivity index is 2.65. The lowest BCUT2D eigenvalue weighted by molar-refractivity contribution is -0.128. The molecule has 1 N–H and O–H groups in total. The van der Waals surface area contributed by atoms with E-state index in [4.69, 9.17) is 0 Å². The zero-order valence-corrected chi connectivity index (χ0v) is 7.00. The standard InChI is InChI=1S/C8H14N2O/c1-7(2)10-5-3-4-9-6-8(10)11/h3,5,7,9H,4,6H2,1-2H3. The molecule has 11 heavy (non-hydrogen) atoms. The van der Waals surface area contributed by atoms with E-state index in [2.05, 4.69) is 5.32 Å². The van der Waals surface area contributed by atoms with E-state index in [0.717, 1.165) is 6.54 Å². The van der Waals surface area contributed by atoms with Crippen LogP contribution < -0.4 is 5.32 Å². The summed E-state index contributed by atoms with van der Waals surface area (Å²) in [4.78, 5) is 13.0. The molecule has 0 fully saturated rings. The molecule has 0 aromatic rings. The lowest BCUT2D eigenvalue weighted by atomic mass is 10.3. The molecule has 0 saturated carbocycles. The maximum absolute atomic E-state index is 11.3. The monoisotopic (exact) mass is 154 g/mol. The molecule has 0 bridgehead atoms. The van der Waals surface area contributed by atoms with Crippen LogP contribution in [0, 0.1) is 0 Å². The van der Waals surface area contributed by atoms with Crippen LogP contribution in [0.3, 0.4) is 0 Å². The number of hydrogen-bond acceptors (Lipinski definition) is 2. The molecule has 0 saturated heterocycles. The van der Waals surface area contributed by atoms with Crippen LogP contribution in [0.5, 0.6) is 0 Å². The van der Waals surface area contributed by atoms with E-state index in [9.17, 15) is 4.79 Å². The third-order valence-electron chi connectivity index (χ3n) is 1.65. The first-order valence-corrected chi connectivity index (χ1v) is 3.90. The summed E-state index contributed by atoms with van der Waals surface area (Å²) in [5, 5.41) is 3.00. The number of hydrogen-bond donors (Lipinski definition) is 1. The quantitative estimate of drug-likeness (QED) is 0.590. The van der Waals surface area contributed by atoms with Crippen LogP contribution in [0.1, 0.15) is 13.8 Å². The fourth-order valence-electron chi connectivity index (χ4n) is 1.06. The molecule has 0 atom stereocenters. The molecule has 62 valence electrons. The van der Waals surface area contributed by atoms with Crippen molar-refractivity contribution in [2.45, 2.75) is 19.9 Å². The van der Waals surface area contributed by atoms with E-state index in [1.54, 1.807) is 4.90 Å². The first kappa shape index (κ1) is 8.27. The van der Waals surface area contributed by atoms with Gasteiger partial charge in [0.05, 0.1) is 6.54 Å². The molecule has 0 spiro atoms. The highest BCUT2D eigenvalue weighted by atomic mass is 16.2. The number of rotatable bonds is 1. The topological polar surface area (TPSA) is 32.3 Å². The lowest BCUT2D eigenvalue weighted by Crippen LogP contribution is -2.36. The van der Waals surface area contributed by atoms with Crippen LogP contribution >= 0.6 is 0 Å². The highest BCUT2D eigenvalue weighted by molar-refractivity contribution is 5.79. The van der Waals surface area contributed by atoms with Crippen LogP contribution in [-0.2, 0) is 4.79 Å². The summed E-state index contributed by atoms with van der Waals surface area (Å²) in [6.07, 6.45) is 3.82. The number of nitrogens with zero attached hydrogens (tertiary/aromatic N) is 1. The fourth-order valence-corrected chi connectivity index (χ4v) is 1.06. The van der Waals surface area contributed by atoms with Crippen molar-refractivity contribution in [3.8, 4) is 0 Å². The summed E-state index contributed by atoms with van der Waals surface area (Å²) in [6, 6.07) is 0.263. The van der Waals surface area contributed by atoms with Gasteiger partial charge in [0.15, 0.2) is 0 Å². The maximum atomic E-state index is 11.3. The first-order valence-electron chi connectivity index (χ1n) is 3.90. The highest BCUT2D eigenvalue weighted by Gasteiger charge is 2.14. The van der Waals surface area contributed by atoms with Crippen molar-refractivity contribution < 1.29 is 4.79 Å². The molecule has 1 aliphatic heterocycles. The summed E-state index contributed by atoms with van der Waals surface area (Å²) >= 11 is 0. The SMILES string of the molecule is CC(C)N1C=CCNCC1=O. The van der Waals surface area contributed by atoms with E-state index in [0.29, 0.717) is 6.54 Å². The number of carbonyl (C=O) groups excluding carboxylic acids is 1. The predicted octanol–water partition coefficient (Wildman–Crippen LogP) is 0.340. The van der Waals surface area contributed by atoms with Crippen LogP contribution in [0.15, 0.2) is 12.3 Å². The average Bonchev–Trinajstić information content (AvgIpc) is 2.13. The van der Waals surface area contributed by atoms with Gasteiger partial charge in [-0.05, 0) is 13.8 Å². The number of amides is 1. The van der Waals surface area contributed by atoms with Gasteiger partial charge in [-0.2, -0.15) is 0 Å². The number of carbonyl (C=O) groups is 1. The summed E-state index contributed by atoms with van der Waals surface area (Å²) in [5.74, 6) is 0.147. The Morgan fingerprint density at radius 2 is 2.36 bits per heavy atom. The van der Waals surface area contributed by atoms with Gasteiger partial charge in [-0.15, -0.1) is 0 Å². The number of nitrogens with one attached hydrogen (secondary N) is 1. The molecule has 1 rings (SSSR count). The van der Waals surface area contributed by atoms with E-state index in [1.807, 2.05) is 26.1 Å². The van der Waals surface area contributed by atoms with Gasteiger partial charge in [0.1, 0.15) is 0 Å². The van der Waals surface area contributed by atoms with E-state index in [-0.39, 0.29) is 11.9 Å². The van der Waals surface area contributed by atoms with Gasteiger partial charge in [-0.1, -0.05) is 6.08 Å². The van der Waals surface area contributed by atoms with Gasteiger partial charge in [-0.3, -0.25) is 4.79 Å². The Kier molecular flexibility index (Phi) is 2.65. The Bertz CT molecular complexity index is 175. The Morgan fingerprint density at radius 1 is 1.64 bits per heavy atom. The smallest absolute Gasteiger partial charge is 0.240 e. The van der Waals surface area contributed by atoms with Crippen LogP contribution in [-0.4, -0.2) is 29.9 Å². The van der Waals surface area contributed by atoms with Crippen LogP contribution in [0.4, 0.5) is 0 Å². The third kappa shape index (κ3) is 2.05. The van der Waals surface area contributed by atoms with Gasteiger partial charge in [0, 0.05) is 18.8 Å². The van der Waals surface area contributed by atoms with Crippen molar-refractivity contribution in [2.24, 2.45) is 0 Å². The second-order valence-electron chi connectivity index (χ2n) is 2.91. The van der Waals surface area contributed by atoms with Crippen LogP contribution in [0.2, 0.25) is 0 Å². The van der Waals surface area contributed by atoms with Gasteiger partial charge in [-0.25, -0.2) is 0 Å². The highest BCUT2D eigenvalue weighted by Crippen LogP contribution is 2.01. The molecule has 0 aliphatic carbocycles. The van der Waals surface area contributed by atoms with Crippen molar-refractivity contribution in [2.75, 3.05) is 13.1 Å². The van der Waals surface area contributed by atoms with Crippen molar-refractivity contribution in [1.29, 1.82) is 0 Å². The fraction of sp³-hybridized carbons (Fsp3) is 0.625. The predicted molar refractivity (Wildman–Crippen MR) is 44.0 cm³/mol. The van der Waals surface area contributed by atoms with Gasteiger partial charge < -0.3 is 10.2 Å². The van der Waals surface area contributed by atoms with Crippen molar-refractivity contribution in [3.63, 3.8) is 0 Å². The normalized spacial score (nSPS) is 19.2. The molecule has 3 heteroatoms. The van der Waals surface area contributed by atoms with Crippen LogP contribution in [0.25, 0.3) is 0 Å². The molecule has 0 unspecified atom stereocenters.